The molecule has 218 valence electrons. The number of carboxylic acid groups (broad SMARTS) is 1. The van der Waals surface area contributed by atoms with Crippen molar-refractivity contribution in [1.82, 2.24) is 9.80 Å². The number of unbranched alkanes of at least 4 members (excludes halogenated alkanes) is 1. The number of carboxylic acids is 1. The first-order chi connectivity index (χ1) is 18.5. The van der Waals surface area contributed by atoms with Gasteiger partial charge in [0, 0.05) is 38.5 Å². The molecule has 13 heteroatoms. The van der Waals surface area contributed by atoms with Crippen molar-refractivity contribution in [2.24, 2.45) is 0 Å². The summed E-state index contributed by atoms with van der Waals surface area (Å²) >= 11 is 0. The lowest BCUT2D eigenvalue weighted by atomic mass is 9.99. The summed E-state index contributed by atoms with van der Waals surface area (Å²) in [5, 5.41) is 41.6. The highest BCUT2D eigenvalue weighted by molar-refractivity contribution is 5.91. The molecule has 0 aliphatic carbocycles. The molecule has 1 aliphatic rings. The van der Waals surface area contributed by atoms with E-state index in [2.05, 4.69) is 5.32 Å². The number of amides is 3. The van der Waals surface area contributed by atoms with Crippen LogP contribution in [0.25, 0.3) is 0 Å². The molecular formula is C26H39N3O10. The maximum Gasteiger partial charge on any atom is 0.335 e. The zero-order valence-electron chi connectivity index (χ0n) is 22.5. The normalized spacial score (nSPS) is 22.6. The number of aliphatic hydroxyl groups is 3. The number of anilines is 1. The number of carbonyl (C=O) groups is 4. The van der Waals surface area contributed by atoms with Gasteiger partial charge in [-0.15, -0.1) is 0 Å². The fraction of sp³-hybridized carbons (Fsp3) is 0.615. The predicted octanol–water partition coefficient (Wildman–Crippen LogP) is 0.521. The molecule has 5 atom stereocenters. The van der Waals surface area contributed by atoms with E-state index in [0.717, 1.165) is 6.42 Å². The highest BCUT2D eigenvalue weighted by Crippen LogP contribution is 2.25. The van der Waals surface area contributed by atoms with Crippen LogP contribution in [-0.4, -0.2) is 105 Å². The van der Waals surface area contributed by atoms with Gasteiger partial charge in [-0.05, 0) is 37.1 Å². The topological polar surface area (TPSA) is 186 Å². The average Bonchev–Trinajstić information content (AvgIpc) is 2.90. The lowest BCUT2D eigenvalue weighted by molar-refractivity contribution is -0.271. The Morgan fingerprint density at radius 2 is 1.59 bits per heavy atom. The Morgan fingerprint density at radius 3 is 2.18 bits per heavy atom. The highest BCUT2D eigenvalue weighted by atomic mass is 16.7. The van der Waals surface area contributed by atoms with Gasteiger partial charge < -0.3 is 45.0 Å². The fourth-order valence-electron chi connectivity index (χ4n) is 3.86. The number of ether oxygens (including phenoxy) is 2. The second kappa shape index (κ2) is 15.4. The van der Waals surface area contributed by atoms with E-state index in [1.54, 1.807) is 7.05 Å². The van der Waals surface area contributed by atoms with Crippen LogP contribution in [0.1, 0.15) is 52.4 Å². The number of carbonyl (C=O) groups excluding carboxylic acids is 3. The van der Waals surface area contributed by atoms with Crippen molar-refractivity contribution >= 4 is 29.4 Å². The van der Waals surface area contributed by atoms with Crippen LogP contribution >= 0.6 is 0 Å². The molecule has 5 N–H and O–H groups in total. The molecule has 1 saturated heterocycles. The first kappa shape index (κ1) is 32.0. The number of aliphatic carboxylic acids is 1. The van der Waals surface area contributed by atoms with Gasteiger partial charge in [-0.25, -0.2) is 4.79 Å². The van der Waals surface area contributed by atoms with Gasteiger partial charge in [0.2, 0.25) is 24.0 Å². The summed E-state index contributed by atoms with van der Waals surface area (Å²) in [4.78, 5) is 51.6. The van der Waals surface area contributed by atoms with Gasteiger partial charge in [0.15, 0.2) is 6.10 Å². The monoisotopic (exact) mass is 553 g/mol. The molecule has 5 unspecified atom stereocenters. The van der Waals surface area contributed by atoms with Crippen molar-refractivity contribution in [2.45, 2.75) is 83.1 Å². The molecule has 1 fully saturated rings. The van der Waals surface area contributed by atoms with Crippen LogP contribution in [0.2, 0.25) is 0 Å². The Morgan fingerprint density at radius 1 is 0.923 bits per heavy atom. The lowest BCUT2D eigenvalue weighted by Crippen LogP contribution is -2.61. The Bertz CT molecular complexity index is 973. The van der Waals surface area contributed by atoms with E-state index < -0.39 is 36.7 Å². The number of benzene rings is 1. The highest BCUT2D eigenvalue weighted by Gasteiger charge is 2.48. The fourth-order valence-corrected chi connectivity index (χ4v) is 3.86. The average molecular weight is 554 g/mol. The first-order valence-corrected chi connectivity index (χ1v) is 13.0. The van der Waals surface area contributed by atoms with E-state index in [-0.39, 0.29) is 43.1 Å². The third-order valence-electron chi connectivity index (χ3n) is 6.18. The maximum atomic E-state index is 12.7. The minimum absolute atomic E-state index is 0.00478. The SMILES string of the molecule is CCCCC(=O)N(CCC(=O)Nc1ccc(OC2OC(C(=O)O)C(O)C(O)C2O)cc1)CN(C)C(=O)CCC. The van der Waals surface area contributed by atoms with Gasteiger partial charge in [0.1, 0.15) is 24.1 Å². The minimum atomic E-state index is -1.83. The van der Waals surface area contributed by atoms with Crippen molar-refractivity contribution in [3.63, 3.8) is 0 Å². The quantitative estimate of drug-likeness (QED) is 0.203. The molecule has 0 bridgehead atoms. The molecular weight excluding hydrogens is 514 g/mol. The van der Waals surface area contributed by atoms with Crippen molar-refractivity contribution in [3.05, 3.63) is 24.3 Å². The standard InChI is InChI=1S/C26H39N3O10/c1-4-6-8-20(32)29(15-28(3)19(31)7-5-2)14-13-18(30)27-16-9-11-17(12-10-16)38-26-23(35)21(33)22(34)24(39-26)25(36)37/h9-12,21-24,26,33-35H,4-8,13-15H2,1-3H3,(H,27,30)(H,36,37). The van der Waals surface area contributed by atoms with Crippen LogP contribution in [0.3, 0.4) is 0 Å². The van der Waals surface area contributed by atoms with Crippen molar-refractivity contribution in [2.75, 3.05) is 25.6 Å². The van der Waals surface area contributed by atoms with Crippen LogP contribution in [0, 0.1) is 0 Å². The summed E-state index contributed by atoms with van der Waals surface area (Å²) < 4.78 is 10.5. The third-order valence-corrected chi connectivity index (χ3v) is 6.18. The molecule has 0 spiro atoms. The summed E-state index contributed by atoms with van der Waals surface area (Å²) in [6, 6.07) is 5.88. The van der Waals surface area contributed by atoms with Gasteiger partial charge in [-0.1, -0.05) is 20.3 Å². The summed E-state index contributed by atoms with van der Waals surface area (Å²) in [6.07, 6.45) is -5.69. The molecule has 0 aromatic heterocycles. The largest absolute Gasteiger partial charge is 0.479 e. The number of hydrogen-bond acceptors (Lipinski definition) is 9. The van der Waals surface area contributed by atoms with E-state index >= 15 is 0 Å². The molecule has 1 aromatic carbocycles. The van der Waals surface area contributed by atoms with Crippen LogP contribution in [-0.2, 0) is 23.9 Å². The Hall–Kier alpha value is -3.26. The Labute approximate surface area is 227 Å². The molecule has 2 rings (SSSR count). The number of nitrogens with one attached hydrogen (secondary N) is 1. The second-order valence-corrected chi connectivity index (χ2v) is 9.42. The lowest BCUT2D eigenvalue weighted by Gasteiger charge is -2.38. The maximum absolute atomic E-state index is 12.7. The molecule has 39 heavy (non-hydrogen) atoms. The zero-order valence-corrected chi connectivity index (χ0v) is 22.5. The molecule has 0 radical (unpaired) electrons. The zero-order chi connectivity index (χ0) is 29.1. The molecule has 0 saturated carbocycles. The minimum Gasteiger partial charge on any atom is -0.479 e. The van der Waals surface area contributed by atoms with Crippen LogP contribution in [0.4, 0.5) is 5.69 Å². The van der Waals surface area contributed by atoms with Crippen LogP contribution in [0.5, 0.6) is 5.75 Å². The van der Waals surface area contributed by atoms with E-state index in [9.17, 15) is 34.5 Å². The van der Waals surface area contributed by atoms with E-state index in [0.29, 0.717) is 31.4 Å². The smallest absolute Gasteiger partial charge is 0.335 e. The Kier molecular flexibility index (Phi) is 12.6. The van der Waals surface area contributed by atoms with E-state index in [1.807, 2.05) is 13.8 Å². The Balaban J connectivity index is 1.94. The summed E-state index contributed by atoms with van der Waals surface area (Å²) in [6.45, 7) is 4.11. The van der Waals surface area contributed by atoms with E-state index in [1.165, 1.54) is 34.1 Å². The molecule has 1 aliphatic heterocycles. The number of aliphatic hydroxyl groups excluding tert-OH is 3. The molecule has 13 nitrogen and oxygen atoms in total. The van der Waals surface area contributed by atoms with E-state index in [4.69, 9.17) is 14.6 Å². The number of hydrogen-bond donors (Lipinski definition) is 5. The first-order valence-electron chi connectivity index (χ1n) is 13.0. The van der Waals surface area contributed by atoms with Crippen molar-refractivity contribution in [3.8, 4) is 5.75 Å². The van der Waals surface area contributed by atoms with Gasteiger partial charge in [-0.3, -0.25) is 14.4 Å². The number of nitrogens with zero attached hydrogens (tertiary/aromatic N) is 2. The molecule has 1 heterocycles. The van der Waals surface area contributed by atoms with Crippen molar-refractivity contribution < 1.29 is 49.1 Å². The van der Waals surface area contributed by atoms with Crippen LogP contribution in [0.15, 0.2) is 24.3 Å². The second-order valence-electron chi connectivity index (χ2n) is 9.42. The van der Waals surface area contributed by atoms with Crippen molar-refractivity contribution in [1.29, 1.82) is 0 Å². The van der Waals surface area contributed by atoms with Gasteiger partial charge in [0.25, 0.3) is 0 Å². The van der Waals surface area contributed by atoms with Crippen LogP contribution < -0.4 is 10.1 Å². The van der Waals surface area contributed by atoms with Gasteiger partial charge in [0.05, 0.1) is 6.67 Å². The third kappa shape index (κ3) is 9.46. The number of rotatable bonds is 14. The predicted molar refractivity (Wildman–Crippen MR) is 138 cm³/mol. The summed E-state index contributed by atoms with van der Waals surface area (Å²) in [7, 11) is 1.63. The molecule has 3 amide bonds. The molecule has 1 aromatic rings. The summed E-state index contributed by atoms with van der Waals surface area (Å²) in [5.74, 6) is -1.93. The van der Waals surface area contributed by atoms with Gasteiger partial charge >= 0.3 is 5.97 Å². The van der Waals surface area contributed by atoms with Gasteiger partial charge in [-0.2, -0.15) is 0 Å². The summed E-state index contributed by atoms with van der Waals surface area (Å²) in [5.41, 5.74) is 0.412.